The van der Waals surface area contributed by atoms with Crippen LogP contribution in [0.5, 0.6) is 11.5 Å². The minimum atomic E-state index is 0.818. The lowest BCUT2D eigenvalue weighted by Gasteiger charge is -2.13. The van der Waals surface area contributed by atoms with Gasteiger partial charge in [0, 0.05) is 17.4 Å². The quantitative estimate of drug-likeness (QED) is 0.458. The Kier molecular flexibility index (Phi) is 4.59. The van der Waals surface area contributed by atoms with Gasteiger partial charge < -0.3 is 14.0 Å². The van der Waals surface area contributed by atoms with Crippen LogP contribution in [0.25, 0.3) is 22.2 Å². The predicted molar refractivity (Wildman–Crippen MR) is 111 cm³/mol. The van der Waals surface area contributed by atoms with Crippen LogP contribution in [0.15, 0.2) is 72.8 Å². The van der Waals surface area contributed by atoms with Gasteiger partial charge in [0.1, 0.15) is 11.5 Å². The van der Waals surface area contributed by atoms with E-state index in [1.807, 2.05) is 18.2 Å². The largest absolute Gasteiger partial charge is 0.497 e. The lowest BCUT2D eigenvalue weighted by molar-refractivity contribution is 0.415. The third-order valence-corrected chi connectivity index (χ3v) is 5.07. The Bertz CT molecular complexity index is 1060. The van der Waals surface area contributed by atoms with Gasteiger partial charge >= 0.3 is 0 Å². The summed E-state index contributed by atoms with van der Waals surface area (Å²) in [5.74, 6) is 1.74. The van der Waals surface area contributed by atoms with Crippen molar-refractivity contribution in [3.05, 3.63) is 83.9 Å². The summed E-state index contributed by atoms with van der Waals surface area (Å²) in [6.07, 6.45) is 0. The van der Waals surface area contributed by atoms with Crippen molar-refractivity contribution in [3.8, 4) is 22.8 Å². The van der Waals surface area contributed by atoms with E-state index in [4.69, 9.17) is 9.47 Å². The Hall–Kier alpha value is -3.20. The molecule has 0 bridgehead atoms. The van der Waals surface area contributed by atoms with Gasteiger partial charge in [-0.3, -0.25) is 0 Å². The monoisotopic (exact) mass is 357 g/mol. The molecule has 0 saturated heterocycles. The van der Waals surface area contributed by atoms with E-state index in [0.717, 1.165) is 18.0 Å². The highest BCUT2D eigenvalue weighted by Gasteiger charge is 2.17. The first-order chi connectivity index (χ1) is 13.2. The first-order valence-electron chi connectivity index (χ1n) is 9.06. The lowest BCUT2D eigenvalue weighted by atomic mass is 10.1. The van der Waals surface area contributed by atoms with Crippen molar-refractivity contribution in [2.75, 3.05) is 14.2 Å². The molecule has 0 aliphatic heterocycles. The average Bonchev–Trinajstić information content (AvgIpc) is 3.00. The van der Waals surface area contributed by atoms with Gasteiger partial charge in [-0.25, -0.2) is 0 Å². The summed E-state index contributed by atoms with van der Waals surface area (Å²) in [4.78, 5) is 0. The fourth-order valence-corrected chi connectivity index (χ4v) is 3.68. The van der Waals surface area contributed by atoms with Gasteiger partial charge in [0.25, 0.3) is 0 Å². The Morgan fingerprint density at radius 3 is 2.11 bits per heavy atom. The second kappa shape index (κ2) is 7.20. The molecule has 1 heterocycles. The number of ether oxygens (including phenoxy) is 2. The Balaban J connectivity index is 1.93. The average molecular weight is 357 g/mol. The zero-order valence-electron chi connectivity index (χ0n) is 15.9. The number of aryl methyl sites for hydroxylation is 1. The summed E-state index contributed by atoms with van der Waals surface area (Å²) in [5, 5.41) is 1.22. The maximum Gasteiger partial charge on any atom is 0.119 e. The lowest BCUT2D eigenvalue weighted by Crippen LogP contribution is -2.02. The van der Waals surface area contributed by atoms with Crippen LogP contribution in [0.4, 0.5) is 0 Å². The van der Waals surface area contributed by atoms with E-state index in [1.54, 1.807) is 14.2 Å². The minimum Gasteiger partial charge on any atom is -0.497 e. The van der Waals surface area contributed by atoms with Crippen LogP contribution in [0.3, 0.4) is 0 Å². The number of hydrogen-bond donors (Lipinski definition) is 0. The molecular formula is C24H23NO2. The SMILES string of the molecule is COc1ccc(-c2c(C)c3cc(OC)ccc3n2Cc2ccccc2)cc1. The highest BCUT2D eigenvalue weighted by atomic mass is 16.5. The van der Waals surface area contributed by atoms with Crippen molar-refractivity contribution < 1.29 is 9.47 Å². The molecule has 0 aliphatic rings. The second-order valence-electron chi connectivity index (χ2n) is 6.66. The molecule has 0 fully saturated rings. The van der Waals surface area contributed by atoms with E-state index in [9.17, 15) is 0 Å². The highest BCUT2D eigenvalue weighted by Crippen LogP contribution is 2.36. The van der Waals surface area contributed by atoms with E-state index < -0.39 is 0 Å². The number of fused-ring (bicyclic) bond motifs is 1. The molecule has 4 rings (SSSR count). The van der Waals surface area contributed by atoms with Gasteiger partial charge in [0.05, 0.1) is 19.9 Å². The fraction of sp³-hybridized carbons (Fsp3) is 0.167. The van der Waals surface area contributed by atoms with Crippen LogP contribution in [-0.4, -0.2) is 18.8 Å². The maximum atomic E-state index is 5.45. The van der Waals surface area contributed by atoms with Crippen molar-refractivity contribution in [1.29, 1.82) is 0 Å². The molecule has 0 aliphatic carbocycles. The maximum absolute atomic E-state index is 5.45. The van der Waals surface area contributed by atoms with Crippen LogP contribution < -0.4 is 9.47 Å². The van der Waals surface area contributed by atoms with E-state index >= 15 is 0 Å². The molecule has 4 aromatic rings. The molecule has 0 atom stereocenters. The van der Waals surface area contributed by atoms with Gasteiger partial charge in [0.15, 0.2) is 0 Å². The number of methoxy groups -OCH3 is 2. The summed E-state index contributed by atoms with van der Waals surface area (Å²) in [5.41, 5.74) is 6.15. The third kappa shape index (κ3) is 3.17. The molecule has 0 amide bonds. The van der Waals surface area contributed by atoms with Crippen molar-refractivity contribution >= 4 is 10.9 Å². The normalized spacial score (nSPS) is 10.9. The zero-order valence-corrected chi connectivity index (χ0v) is 15.9. The summed E-state index contributed by atoms with van der Waals surface area (Å²) < 4.78 is 13.2. The zero-order chi connectivity index (χ0) is 18.8. The molecule has 0 N–H and O–H groups in total. The van der Waals surface area contributed by atoms with Gasteiger partial charge in [-0.05, 0) is 66.1 Å². The Labute approximate surface area is 159 Å². The van der Waals surface area contributed by atoms with Crippen LogP contribution in [0.1, 0.15) is 11.1 Å². The molecule has 0 radical (unpaired) electrons. The first-order valence-corrected chi connectivity index (χ1v) is 9.06. The first kappa shape index (κ1) is 17.2. The minimum absolute atomic E-state index is 0.818. The number of nitrogens with zero attached hydrogens (tertiary/aromatic N) is 1. The third-order valence-electron chi connectivity index (χ3n) is 5.07. The van der Waals surface area contributed by atoms with E-state index in [0.29, 0.717) is 0 Å². The number of rotatable bonds is 5. The van der Waals surface area contributed by atoms with Crippen LogP contribution >= 0.6 is 0 Å². The van der Waals surface area contributed by atoms with Gasteiger partial charge in [-0.2, -0.15) is 0 Å². The second-order valence-corrected chi connectivity index (χ2v) is 6.66. The Morgan fingerprint density at radius 2 is 1.44 bits per heavy atom. The fourth-order valence-electron chi connectivity index (χ4n) is 3.68. The molecular weight excluding hydrogens is 334 g/mol. The molecule has 1 aromatic heterocycles. The summed E-state index contributed by atoms with van der Waals surface area (Å²) in [7, 11) is 3.40. The topological polar surface area (TPSA) is 23.4 Å². The van der Waals surface area contributed by atoms with Crippen LogP contribution in [0, 0.1) is 6.92 Å². The molecule has 0 saturated carbocycles. The summed E-state index contributed by atoms with van der Waals surface area (Å²) >= 11 is 0. The predicted octanol–water partition coefficient (Wildman–Crippen LogP) is 5.68. The standard InChI is InChI=1S/C24H23NO2/c1-17-22-15-21(27-3)13-14-23(22)25(16-18-7-5-4-6-8-18)24(17)19-9-11-20(26-2)12-10-19/h4-15H,16H2,1-3H3. The van der Waals surface area contributed by atoms with E-state index in [-0.39, 0.29) is 0 Å². The van der Waals surface area contributed by atoms with Crippen molar-refractivity contribution in [1.82, 2.24) is 4.57 Å². The van der Waals surface area contributed by atoms with Crippen molar-refractivity contribution in [2.24, 2.45) is 0 Å². The molecule has 136 valence electrons. The number of benzene rings is 3. The molecule has 3 aromatic carbocycles. The van der Waals surface area contributed by atoms with Crippen molar-refractivity contribution in [3.63, 3.8) is 0 Å². The highest BCUT2D eigenvalue weighted by molar-refractivity contribution is 5.92. The van der Waals surface area contributed by atoms with E-state index in [2.05, 4.69) is 66.1 Å². The molecule has 3 nitrogen and oxygen atoms in total. The van der Waals surface area contributed by atoms with Gasteiger partial charge in [0.2, 0.25) is 0 Å². The summed E-state index contributed by atoms with van der Waals surface area (Å²) in [6, 6.07) is 25.1. The smallest absolute Gasteiger partial charge is 0.119 e. The van der Waals surface area contributed by atoms with Crippen LogP contribution in [0.2, 0.25) is 0 Å². The molecule has 0 spiro atoms. The Morgan fingerprint density at radius 1 is 0.778 bits per heavy atom. The van der Waals surface area contributed by atoms with Crippen molar-refractivity contribution in [2.45, 2.75) is 13.5 Å². The van der Waals surface area contributed by atoms with E-state index in [1.165, 1.54) is 33.3 Å². The van der Waals surface area contributed by atoms with Crippen LogP contribution in [-0.2, 0) is 6.54 Å². The molecule has 27 heavy (non-hydrogen) atoms. The van der Waals surface area contributed by atoms with Gasteiger partial charge in [-0.1, -0.05) is 30.3 Å². The number of aromatic nitrogens is 1. The van der Waals surface area contributed by atoms with Gasteiger partial charge in [-0.15, -0.1) is 0 Å². The summed E-state index contributed by atoms with van der Waals surface area (Å²) in [6.45, 7) is 3.00. The molecule has 3 heteroatoms. The molecule has 0 unspecified atom stereocenters. The number of hydrogen-bond acceptors (Lipinski definition) is 2.